The Balaban J connectivity index is 2.08. The number of hydrogen-bond acceptors (Lipinski definition) is 4. The molecule has 1 aromatic heterocycles. The van der Waals surface area contributed by atoms with Gasteiger partial charge in [-0.3, -0.25) is 0 Å². The lowest BCUT2D eigenvalue weighted by atomic mass is 10.0. The number of halogens is 1. The Morgan fingerprint density at radius 3 is 2.63 bits per heavy atom. The van der Waals surface area contributed by atoms with Crippen molar-refractivity contribution in [1.29, 1.82) is 0 Å². The Morgan fingerprint density at radius 1 is 1.47 bits per heavy atom. The quantitative estimate of drug-likeness (QED) is 0.925. The van der Waals surface area contributed by atoms with Gasteiger partial charge >= 0.3 is 5.97 Å². The standard InChI is InChI=1S/C13H16ClNO4/c1-7-3-10(4-8(2)18-7)19-12-11(14)5-9(6-15-12)13(16)17/h5-8,10H,3-4H2,1-2H3,(H,16,17). The van der Waals surface area contributed by atoms with Crippen molar-refractivity contribution in [3.05, 3.63) is 22.8 Å². The van der Waals surface area contributed by atoms with Crippen LogP contribution >= 0.6 is 11.6 Å². The van der Waals surface area contributed by atoms with Crippen LogP contribution in [0.3, 0.4) is 0 Å². The van der Waals surface area contributed by atoms with E-state index < -0.39 is 5.97 Å². The van der Waals surface area contributed by atoms with Crippen LogP contribution in [0.2, 0.25) is 5.02 Å². The fourth-order valence-electron chi connectivity index (χ4n) is 2.23. The lowest BCUT2D eigenvalue weighted by molar-refractivity contribution is -0.0729. The molecule has 2 rings (SSSR count). The predicted octanol–water partition coefficient (Wildman–Crippen LogP) is 2.77. The highest BCUT2D eigenvalue weighted by atomic mass is 35.5. The van der Waals surface area contributed by atoms with Gasteiger partial charge in [-0.05, 0) is 19.9 Å². The summed E-state index contributed by atoms with van der Waals surface area (Å²) < 4.78 is 11.4. The van der Waals surface area contributed by atoms with Crippen molar-refractivity contribution in [2.24, 2.45) is 0 Å². The molecule has 0 spiro atoms. The van der Waals surface area contributed by atoms with E-state index >= 15 is 0 Å². The van der Waals surface area contributed by atoms with Gasteiger partial charge in [0.2, 0.25) is 5.88 Å². The molecule has 1 aromatic rings. The topological polar surface area (TPSA) is 68.7 Å². The van der Waals surface area contributed by atoms with Crippen molar-refractivity contribution in [2.75, 3.05) is 0 Å². The maximum Gasteiger partial charge on any atom is 0.337 e. The minimum atomic E-state index is -1.06. The molecule has 1 aliphatic rings. The van der Waals surface area contributed by atoms with Gasteiger partial charge in [0.25, 0.3) is 0 Å². The highest BCUT2D eigenvalue weighted by molar-refractivity contribution is 6.32. The third kappa shape index (κ3) is 3.58. The molecule has 104 valence electrons. The van der Waals surface area contributed by atoms with Gasteiger partial charge < -0.3 is 14.6 Å². The molecule has 0 aliphatic carbocycles. The second-order valence-corrected chi connectivity index (χ2v) is 5.19. The van der Waals surface area contributed by atoms with Crippen molar-refractivity contribution in [3.8, 4) is 5.88 Å². The van der Waals surface area contributed by atoms with E-state index in [-0.39, 0.29) is 34.8 Å². The molecule has 2 heterocycles. The molecular formula is C13H16ClNO4. The summed E-state index contributed by atoms with van der Waals surface area (Å²) in [6, 6.07) is 1.35. The second kappa shape index (κ2) is 5.75. The fourth-order valence-corrected chi connectivity index (χ4v) is 2.44. The van der Waals surface area contributed by atoms with Crippen LogP contribution in [-0.4, -0.2) is 34.4 Å². The first-order valence-corrected chi connectivity index (χ1v) is 6.54. The molecule has 1 fully saturated rings. The van der Waals surface area contributed by atoms with E-state index in [0.717, 1.165) is 12.8 Å². The van der Waals surface area contributed by atoms with Gasteiger partial charge in [-0.1, -0.05) is 11.6 Å². The van der Waals surface area contributed by atoms with Crippen molar-refractivity contribution in [1.82, 2.24) is 4.98 Å². The number of ether oxygens (including phenoxy) is 2. The van der Waals surface area contributed by atoms with E-state index in [1.807, 2.05) is 13.8 Å². The zero-order chi connectivity index (χ0) is 14.0. The highest BCUT2D eigenvalue weighted by Crippen LogP contribution is 2.28. The zero-order valence-corrected chi connectivity index (χ0v) is 11.6. The number of aromatic carboxylic acids is 1. The molecular weight excluding hydrogens is 270 g/mol. The van der Waals surface area contributed by atoms with Crippen LogP contribution in [0.5, 0.6) is 5.88 Å². The van der Waals surface area contributed by atoms with Crippen LogP contribution in [-0.2, 0) is 4.74 Å². The summed E-state index contributed by atoms with van der Waals surface area (Å²) in [4.78, 5) is 14.8. The van der Waals surface area contributed by atoms with Gasteiger partial charge in [-0.25, -0.2) is 9.78 Å². The summed E-state index contributed by atoms with van der Waals surface area (Å²) >= 11 is 5.98. The van der Waals surface area contributed by atoms with Crippen LogP contribution < -0.4 is 4.74 Å². The average Bonchev–Trinajstić information content (AvgIpc) is 2.30. The SMILES string of the molecule is CC1CC(Oc2ncc(C(=O)O)cc2Cl)CC(C)O1. The molecule has 5 nitrogen and oxygen atoms in total. The molecule has 1 saturated heterocycles. The largest absolute Gasteiger partial charge is 0.478 e. The van der Waals surface area contributed by atoms with Crippen LogP contribution in [0.25, 0.3) is 0 Å². The van der Waals surface area contributed by atoms with Crippen molar-refractivity contribution in [2.45, 2.75) is 45.0 Å². The summed E-state index contributed by atoms with van der Waals surface area (Å²) in [7, 11) is 0. The first kappa shape index (κ1) is 14.1. The fraction of sp³-hybridized carbons (Fsp3) is 0.538. The smallest absolute Gasteiger partial charge is 0.337 e. The first-order valence-electron chi connectivity index (χ1n) is 6.16. The van der Waals surface area contributed by atoms with Crippen LogP contribution in [0.4, 0.5) is 0 Å². The number of carbonyl (C=O) groups is 1. The summed E-state index contributed by atoms with van der Waals surface area (Å²) in [6.45, 7) is 3.99. The molecule has 1 aliphatic heterocycles. The van der Waals surface area contributed by atoms with E-state index in [2.05, 4.69) is 4.98 Å². The highest BCUT2D eigenvalue weighted by Gasteiger charge is 2.26. The average molecular weight is 286 g/mol. The molecule has 0 amide bonds. The van der Waals surface area contributed by atoms with Crippen molar-refractivity contribution in [3.63, 3.8) is 0 Å². The van der Waals surface area contributed by atoms with E-state index in [0.29, 0.717) is 0 Å². The number of nitrogens with zero attached hydrogens (tertiary/aromatic N) is 1. The minimum Gasteiger partial charge on any atom is -0.478 e. The molecule has 19 heavy (non-hydrogen) atoms. The zero-order valence-electron chi connectivity index (χ0n) is 10.8. The van der Waals surface area contributed by atoms with E-state index in [4.69, 9.17) is 26.2 Å². The van der Waals surface area contributed by atoms with Crippen molar-refractivity contribution >= 4 is 17.6 Å². The Morgan fingerprint density at radius 2 is 2.11 bits per heavy atom. The third-order valence-corrected chi connectivity index (χ3v) is 3.26. The monoisotopic (exact) mass is 285 g/mol. The van der Waals surface area contributed by atoms with E-state index in [1.54, 1.807) is 0 Å². The number of pyridine rings is 1. The summed E-state index contributed by atoms with van der Waals surface area (Å²) in [5.41, 5.74) is 0.0473. The maximum absolute atomic E-state index is 10.8. The maximum atomic E-state index is 10.8. The molecule has 0 saturated carbocycles. The Labute approximate surface area is 116 Å². The summed E-state index contributed by atoms with van der Waals surface area (Å²) in [6.07, 6.45) is 3.03. The summed E-state index contributed by atoms with van der Waals surface area (Å²) in [5, 5.41) is 9.05. The van der Waals surface area contributed by atoms with Crippen LogP contribution in [0.1, 0.15) is 37.0 Å². The van der Waals surface area contributed by atoms with Crippen molar-refractivity contribution < 1.29 is 19.4 Å². The molecule has 0 aromatic carbocycles. The first-order chi connectivity index (χ1) is 8.95. The van der Waals surface area contributed by atoms with E-state index in [1.165, 1.54) is 12.3 Å². The molecule has 2 atom stereocenters. The number of carboxylic acids is 1. The molecule has 0 bridgehead atoms. The molecule has 6 heteroatoms. The minimum absolute atomic E-state index is 0.0144. The van der Waals surface area contributed by atoms with Gasteiger partial charge in [0.15, 0.2) is 0 Å². The Bertz CT molecular complexity index is 470. The number of aromatic nitrogens is 1. The van der Waals surface area contributed by atoms with Crippen LogP contribution in [0, 0.1) is 0 Å². The predicted molar refractivity (Wildman–Crippen MR) is 69.9 cm³/mol. The Hall–Kier alpha value is -1.33. The normalized spacial score (nSPS) is 27.0. The third-order valence-electron chi connectivity index (χ3n) is 2.99. The number of hydrogen-bond donors (Lipinski definition) is 1. The van der Waals surface area contributed by atoms with E-state index in [9.17, 15) is 4.79 Å². The van der Waals surface area contributed by atoms with Crippen LogP contribution in [0.15, 0.2) is 12.3 Å². The van der Waals surface area contributed by atoms with Gasteiger partial charge in [0.1, 0.15) is 11.1 Å². The second-order valence-electron chi connectivity index (χ2n) is 4.78. The van der Waals surface area contributed by atoms with Gasteiger partial charge in [-0.15, -0.1) is 0 Å². The molecule has 1 N–H and O–H groups in total. The lowest BCUT2D eigenvalue weighted by Gasteiger charge is -2.32. The molecule has 2 unspecified atom stereocenters. The number of rotatable bonds is 3. The summed E-state index contributed by atoms with van der Waals surface area (Å²) in [5.74, 6) is -0.785. The molecule has 0 radical (unpaired) electrons. The lowest BCUT2D eigenvalue weighted by Crippen LogP contribution is -2.35. The number of carboxylic acid groups (broad SMARTS) is 1. The van der Waals surface area contributed by atoms with Gasteiger partial charge in [-0.2, -0.15) is 0 Å². The van der Waals surface area contributed by atoms with Gasteiger partial charge in [0, 0.05) is 19.0 Å². The Kier molecular flexibility index (Phi) is 4.27. The van der Waals surface area contributed by atoms with Gasteiger partial charge in [0.05, 0.1) is 17.8 Å².